The largest absolute Gasteiger partial charge is 0.477 e. The predicted octanol–water partition coefficient (Wildman–Crippen LogP) is 4.02. The summed E-state index contributed by atoms with van der Waals surface area (Å²) in [6.45, 7) is 9.05. The van der Waals surface area contributed by atoms with Crippen LogP contribution in [0.15, 0.2) is 33.9 Å². The molecule has 0 atom stereocenters. The average molecular weight is 400 g/mol. The topological polar surface area (TPSA) is 84.6 Å². The van der Waals surface area contributed by atoms with Crippen LogP contribution in [0.3, 0.4) is 0 Å². The van der Waals surface area contributed by atoms with E-state index in [4.69, 9.17) is 9.26 Å². The van der Waals surface area contributed by atoms with Gasteiger partial charge in [-0.15, -0.1) is 0 Å². The third-order valence-corrected chi connectivity index (χ3v) is 5.14. The molecule has 0 unspecified atom stereocenters. The van der Waals surface area contributed by atoms with Crippen molar-refractivity contribution in [1.82, 2.24) is 20.8 Å². The first-order chi connectivity index (χ1) is 14.2. The zero-order valence-electron chi connectivity index (χ0n) is 17.8. The second-order valence-electron chi connectivity index (χ2n) is 7.54. The van der Waals surface area contributed by atoms with Crippen molar-refractivity contribution < 1.29 is 9.26 Å². The Kier molecular flexibility index (Phi) is 7.90. The molecule has 1 saturated carbocycles. The number of nitrogens with zero attached hydrogens (tertiary/aromatic N) is 3. The van der Waals surface area contributed by atoms with Gasteiger partial charge in [0.1, 0.15) is 0 Å². The van der Waals surface area contributed by atoms with E-state index in [1.54, 1.807) is 0 Å². The smallest absolute Gasteiger partial charge is 0.213 e. The first kappa shape index (κ1) is 21.1. The van der Waals surface area contributed by atoms with Crippen LogP contribution >= 0.6 is 0 Å². The maximum atomic E-state index is 5.68. The predicted molar refractivity (Wildman–Crippen MR) is 114 cm³/mol. The van der Waals surface area contributed by atoms with Gasteiger partial charge in [0.25, 0.3) is 0 Å². The fraction of sp³-hybridized carbons (Fsp3) is 0.591. The lowest BCUT2D eigenvalue weighted by molar-refractivity contribution is 0.288. The molecule has 29 heavy (non-hydrogen) atoms. The highest BCUT2D eigenvalue weighted by Crippen LogP contribution is 2.29. The summed E-state index contributed by atoms with van der Waals surface area (Å²) >= 11 is 0. The molecule has 2 aromatic rings. The van der Waals surface area contributed by atoms with E-state index in [2.05, 4.69) is 39.6 Å². The summed E-state index contributed by atoms with van der Waals surface area (Å²) in [7, 11) is 0. The maximum Gasteiger partial charge on any atom is 0.213 e. The Labute approximate surface area is 173 Å². The third kappa shape index (κ3) is 6.76. The molecule has 0 aromatic carbocycles. The summed E-state index contributed by atoms with van der Waals surface area (Å²) in [5.74, 6) is 3.43. The minimum Gasteiger partial charge on any atom is -0.477 e. The molecule has 0 aliphatic heterocycles. The number of pyridine rings is 1. The Morgan fingerprint density at radius 3 is 2.72 bits per heavy atom. The normalized spacial score (nSPS) is 14.3. The molecule has 1 fully saturated rings. The molecular weight excluding hydrogens is 366 g/mol. The van der Waals surface area contributed by atoms with Gasteiger partial charge in [-0.3, -0.25) is 0 Å². The lowest BCUT2D eigenvalue weighted by atomic mass is 9.99. The van der Waals surface area contributed by atoms with Crippen LogP contribution in [-0.4, -0.2) is 29.3 Å². The SMILES string of the molecule is CCNC(=NCc1ccc(OCC2CC2)nc1)NCc1cc(C(CC)CC)no1. The lowest BCUT2D eigenvalue weighted by Crippen LogP contribution is -2.36. The fourth-order valence-electron chi connectivity index (χ4n) is 3.07. The Hall–Kier alpha value is -2.57. The first-order valence-electron chi connectivity index (χ1n) is 10.8. The second kappa shape index (κ2) is 10.8. The number of guanidine groups is 1. The van der Waals surface area contributed by atoms with Crippen molar-refractivity contribution in [3.8, 4) is 5.88 Å². The van der Waals surface area contributed by atoms with Crippen LogP contribution in [0.4, 0.5) is 0 Å². The fourth-order valence-corrected chi connectivity index (χ4v) is 3.07. The van der Waals surface area contributed by atoms with Gasteiger partial charge in [-0.2, -0.15) is 0 Å². The zero-order chi connectivity index (χ0) is 20.5. The van der Waals surface area contributed by atoms with Gasteiger partial charge >= 0.3 is 0 Å². The molecule has 0 amide bonds. The van der Waals surface area contributed by atoms with Gasteiger partial charge in [-0.25, -0.2) is 9.98 Å². The molecule has 0 spiro atoms. The van der Waals surface area contributed by atoms with Crippen LogP contribution in [-0.2, 0) is 13.1 Å². The van der Waals surface area contributed by atoms with E-state index in [0.717, 1.165) is 54.9 Å². The van der Waals surface area contributed by atoms with Crippen molar-refractivity contribution in [2.24, 2.45) is 10.9 Å². The second-order valence-corrected chi connectivity index (χ2v) is 7.54. The van der Waals surface area contributed by atoms with Crippen molar-refractivity contribution in [3.63, 3.8) is 0 Å². The number of hydrogen-bond donors (Lipinski definition) is 2. The zero-order valence-corrected chi connectivity index (χ0v) is 17.8. The number of aliphatic imine (C=N–C) groups is 1. The van der Waals surface area contributed by atoms with Gasteiger partial charge in [0.15, 0.2) is 11.7 Å². The summed E-state index contributed by atoms with van der Waals surface area (Å²) in [5.41, 5.74) is 2.07. The summed E-state index contributed by atoms with van der Waals surface area (Å²) < 4.78 is 11.2. The van der Waals surface area contributed by atoms with E-state index < -0.39 is 0 Å². The highest BCUT2D eigenvalue weighted by Gasteiger charge is 2.22. The quantitative estimate of drug-likeness (QED) is 0.439. The van der Waals surface area contributed by atoms with Gasteiger partial charge in [0, 0.05) is 30.8 Å². The van der Waals surface area contributed by atoms with E-state index >= 15 is 0 Å². The molecule has 2 heterocycles. The molecule has 2 N–H and O–H groups in total. The van der Waals surface area contributed by atoms with Crippen molar-refractivity contribution in [2.75, 3.05) is 13.2 Å². The molecule has 1 aliphatic carbocycles. The summed E-state index contributed by atoms with van der Waals surface area (Å²) in [6, 6.07) is 5.97. The highest BCUT2D eigenvalue weighted by molar-refractivity contribution is 5.79. The number of nitrogens with one attached hydrogen (secondary N) is 2. The monoisotopic (exact) mass is 399 g/mol. The molecule has 7 heteroatoms. The molecular formula is C22H33N5O2. The van der Waals surface area contributed by atoms with Gasteiger partial charge < -0.3 is 19.9 Å². The molecule has 3 rings (SSSR count). The van der Waals surface area contributed by atoms with Crippen molar-refractivity contribution in [1.29, 1.82) is 0 Å². The molecule has 0 saturated heterocycles. The summed E-state index contributed by atoms with van der Waals surface area (Å²) in [4.78, 5) is 9.01. The first-order valence-corrected chi connectivity index (χ1v) is 10.8. The standard InChI is InChI=1S/C22H33N5O2/c1-4-18(5-2)20-11-19(29-27-20)14-26-22(23-6-3)25-13-17-9-10-21(24-12-17)28-15-16-7-8-16/h9-12,16,18H,4-8,13-15H2,1-3H3,(H2,23,25,26). The Morgan fingerprint density at radius 1 is 1.24 bits per heavy atom. The average Bonchev–Trinajstić information content (AvgIpc) is 3.47. The van der Waals surface area contributed by atoms with Crippen LogP contribution in [0.2, 0.25) is 0 Å². The maximum absolute atomic E-state index is 5.68. The molecule has 158 valence electrons. The molecule has 7 nitrogen and oxygen atoms in total. The van der Waals surface area contributed by atoms with Gasteiger partial charge in [0.2, 0.25) is 5.88 Å². The van der Waals surface area contributed by atoms with Gasteiger partial charge in [-0.1, -0.05) is 25.1 Å². The number of aromatic nitrogens is 2. The van der Waals surface area contributed by atoms with Crippen molar-refractivity contribution in [2.45, 2.75) is 65.5 Å². The number of rotatable bonds is 11. The minimum atomic E-state index is 0.457. The van der Waals surface area contributed by atoms with E-state index in [-0.39, 0.29) is 0 Å². The van der Waals surface area contributed by atoms with E-state index in [9.17, 15) is 0 Å². The van der Waals surface area contributed by atoms with Crippen LogP contribution in [0.25, 0.3) is 0 Å². The molecule has 0 radical (unpaired) electrons. The third-order valence-electron chi connectivity index (χ3n) is 5.14. The number of ether oxygens (including phenoxy) is 1. The van der Waals surface area contributed by atoms with E-state index in [0.29, 0.717) is 24.9 Å². The Morgan fingerprint density at radius 2 is 2.07 bits per heavy atom. The van der Waals surface area contributed by atoms with E-state index in [1.807, 2.05) is 31.3 Å². The van der Waals surface area contributed by atoms with Crippen LogP contribution < -0.4 is 15.4 Å². The molecule has 2 aromatic heterocycles. The highest BCUT2D eigenvalue weighted by atomic mass is 16.5. The van der Waals surface area contributed by atoms with Crippen molar-refractivity contribution >= 4 is 5.96 Å². The van der Waals surface area contributed by atoms with Crippen LogP contribution in [0.5, 0.6) is 5.88 Å². The Balaban J connectivity index is 1.51. The van der Waals surface area contributed by atoms with Gasteiger partial charge in [0.05, 0.1) is 25.4 Å². The minimum absolute atomic E-state index is 0.457. The molecule has 0 bridgehead atoms. The van der Waals surface area contributed by atoms with Crippen LogP contribution in [0, 0.1) is 5.92 Å². The summed E-state index contributed by atoms with van der Waals surface area (Å²) in [6.07, 6.45) is 6.52. The Bertz CT molecular complexity index is 764. The molecule has 1 aliphatic rings. The van der Waals surface area contributed by atoms with Crippen LogP contribution in [0.1, 0.15) is 69.4 Å². The number of hydrogen-bond acceptors (Lipinski definition) is 5. The lowest BCUT2D eigenvalue weighted by Gasteiger charge is -2.10. The van der Waals surface area contributed by atoms with Gasteiger partial charge in [-0.05, 0) is 44.1 Å². The van der Waals surface area contributed by atoms with Crippen molar-refractivity contribution in [3.05, 3.63) is 41.4 Å². The van der Waals surface area contributed by atoms with E-state index in [1.165, 1.54) is 12.8 Å². The summed E-state index contributed by atoms with van der Waals surface area (Å²) in [5, 5.41) is 10.8.